The number of hydrogen-bond donors (Lipinski definition) is 2. The van der Waals surface area contributed by atoms with Crippen LogP contribution in [0.1, 0.15) is 23.2 Å². The fraction of sp³-hybridized carbons (Fsp3) is 0.176. The van der Waals surface area contributed by atoms with Crippen molar-refractivity contribution in [1.29, 1.82) is 0 Å². The van der Waals surface area contributed by atoms with Crippen LogP contribution in [0.5, 0.6) is 0 Å². The van der Waals surface area contributed by atoms with Crippen LogP contribution in [0.15, 0.2) is 48.5 Å². The zero-order chi connectivity index (χ0) is 17.1. The Morgan fingerprint density at radius 1 is 0.958 bits per heavy atom. The number of amides is 2. The van der Waals surface area contributed by atoms with Crippen molar-refractivity contribution < 1.29 is 14.5 Å². The molecule has 0 heterocycles. The van der Waals surface area contributed by atoms with Crippen LogP contribution in [0, 0.1) is 16.0 Å². The van der Waals surface area contributed by atoms with E-state index in [0.29, 0.717) is 11.4 Å². The highest BCUT2D eigenvalue weighted by molar-refractivity contribution is 6.07. The summed E-state index contributed by atoms with van der Waals surface area (Å²) in [6.45, 7) is 0. The Bertz CT molecular complexity index is 798. The van der Waals surface area contributed by atoms with E-state index in [1.165, 1.54) is 18.2 Å². The maximum atomic E-state index is 12.2. The zero-order valence-corrected chi connectivity index (χ0v) is 12.7. The molecule has 1 saturated carbocycles. The number of nitro groups is 1. The molecule has 2 aromatic rings. The van der Waals surface area contributed by atoms with Gasteiger partial charge in [-0.3, -0.25) is 19.7 Å². The van der Waals surface area contributed by atoms with E-state index in [1.807, 2.05) is 0 Å². The van der Waals surface area contributed by atoms with Gasteiger partial charge in [0.25, 0.3) is 11.6 Å². The van der Waals surface area contributed by atoms with Crippen molar-refractivity contribution in [3.05, 3.63) is 64.2 Å². The third kappa shape index (κ3) is 3.57. The molecule has 2 aromatic carbocycles. The second-order valence-electron chi connectivity index (χ2n) is 5.57. The van der Waals surface area contributed by atoms with E-state index in [9.17, 15) is 19.7 Å². The van der Waals surface area contributed by atoms with Crippen LogP contribution in [-0.2, 0) is 4.79 Å². The second-order valence-corrected chi connectivity index (χ2v) is 5.57. The molecule has 24 heavy (non-hydrogen) atoms. The normalized spacial score (nSPS) is 13.2. The van der Waals surface area contributed by atoms with E-state index in [-0.39, 0.29) is 23.1 Å². The van der Waals surface area contributed by atoms with Gasteiger partial charge in [-0.15, -0.1) is 0 Å². The molecule has 3 rings (SSSR count). The smallest absolute Gasteiger partial charge is 0.282 e. The van der Waals surface area contributed by atoms with Crippen LogP contribution in [0.3, 0.4) is 0 Å². The number of benzene rings is 2. The van der Waals surface area contributed by atoms with Crippen LogP contribution in [0.25, 0.3) is 0 Å². The number of nitrogens with one attached hydrogen (secondary N) is 2. The lowest BCUT2D eigenvalue weighted by molar-refractivity contribution is -0.385. The highest BCUT2D eigenvalue weighted by Crippen LogP contribution is 2.30. The first-order chi connectivity index (χ1) is 11.5. The first-order valence-corrected chi connectivity index (χ1v) is 7.50. The number of nitro benzene ring substituents is 1. The molecule has 0 unspecified atom stereocenters. The van der Waals surface area contributed by atoms with Crippen molar-refractivity contribution in [2.75, 3.05) is 10.6 Å². The zero-order valence-electron chi connectivity index (χ0n) is 12.7. The summed E-state index contributed by atoms with van der Waals surface area (Å²) in [4.78, 5) is 34.3. The minimum absolute atomic E-state index is 0.00591. The predicted octanol–water partition coefficient (Wildman–Crippen LogP) is 3.20. The second kappa shape index (κ2) is 6.49. The van der Waals surface area contributed by atoms with E-state index in [4.69, 9.17) is 0 Å². The van der Waals surface area contributed by atoms with Crippen LogP contribution in [0.4, 0.5) is 17.1 Å². The van der Waals surface area contributed by atoms with Gasteiger partial charge in [-0.2, -0.15) is 0 Å². The molecule has 122 valence electrons. The number of carbonyl (C=O) groups is 2. The Labute approximate surface area is 137 Å². The van der Waals surface area contributed by atoms with Gasteiger partial charge >= 0.3 is 0 Å². The summed E-state index contributed by atoms with van der Waals surface area (Å²) < 4.78 is 0. The molecule has 1 aliphatic rings. The first-order valence-electron chi connectivity index (χ1n) is 7.50. The van der Waals surface area contributed by atoms with Gasteiger partial charge < -0.3 is 10.6 Å². The average Bonchev–Trinajstić information content (AvgIpc) is 3.41. The molecule has 2 N–H and O–H groups in total. The molecule has 7 nitrogen and oxygen atoms in total. The highest BCUT2D eigenvalue weighted by atomic mass is 16.6. The van der Waals surface area contributed by atoms with Gasteiger partial charge in [0.15, 0.2) is 0 Å². The molecular weight excluding hydrogens is 310 g/mol. The number of rotatable bonds is 5. The Kier molecular flexibility index (Phi) is 4.24. The van der Waals surface area contributed by atoms with Gasteiger partial charge in [0.1, 0.15) is 5.56 Å². The van der Waals surface area contributed by atoms with Crippen molar-refractivity contribution in [2.24, 2.45) is 5.92 Å². The van der Waals surface area contributed by atoms with Gasteiger partial charge in [0.05, 0.1) is 4.92 Å². The van der Waals surface area contributed by atoms with Crippen molar-refractivity contribution in [2.45, 2.75) is 12.8 Å². The van der Waals surface area contributed by atoms with Crippen LogP contribution in [-0.4, -0.2) is 16.7 Å². The third-order valence-corrected chi connectivity index (χ3v) is 3.70. The van der Waals surface area contributed by atoms with Gasteiger partial charge in [0, 0.05) is 23.4 Å². The average molecular weight is 325 g/mol. The molecule has 1 aliphatic carbocycles. The van der Waals surface area contributed by atoms with Gasteiger partial charge in [-0.05, 0) is 43.2 Å². The first kappa shape index (κ1) is 15.7. The summed E-state index contributed by atoms with van der Waals surface area (Å²) in [6, 6.07) is 12.4. The molecule has 7 heteroatoms. The fourth-order valence-corrected chi connectivity index (χ4v) is 2.25. The number of para-hydroxylation sites is 1. The van der Waals surface area contributed by atoms with E-state index in [2.05, 4.69) is 10.6 Å². The topological polar surface area (TPSA) is 101 Å². The van der Waals surface area contributed by atoms with E-state index < -0.39 is 10.8 Å². The minimum Gasteiger partial charge on any atom is -0.326 e. The summed E-state index contributed by atoms with van der Waals surface area (Å²) in [7, 11) is 0. The molecule has 0 atom stereocenters. The Morgan fingerprint density at radius 2 is 1.54 bits per heavy atom. The van der Waals surface area contributed by atoms with Crippen molar-refractivity contribution in [3.63, 3.8) is 0 Å². The van der Waals surface area contributed by atoms with Gasteiger partial charge in [-0.1, -0.05) is 12.1 Å². The summed E-state index contributed by atoms with van der Waals surface area (Å²) in [5.41, 5.74) is 0.884. The quantitative estimate of drug-likeness (QED) is 0.651. The standard InChI is InChI=1S/C17H15N3O4/c21-16(11-5-6-11)18-12-7-9-13(10-8-12)19-17(22)14-3-1-2-4-15(14)20(23)24/h1-4,7-11H,5-6H2,(H,18,21)(H,19,22). The minimum atomic E-state index is -0.592. The molecule has 0 bridgehead atoms. The van der Waals surface area contributed by atoms with Crippen LogP contribution < -0.4 is 10.6 Å². The Balaban J connectivity index is 1.68. The molecule has 0 spiro atoms. The molecular formula is C17H15N3O4. The van der Waals surface area contributed by atoms with Gasteiger partial charge in [-0.25, -0.2) is 0 Å². The lowest BCUT2D eigenvalue weighted by Gasteiger charge is -2.08. The molecule has 0 saturated heterocycles. The lowest BCUT2D eigenvalue weighted by Crippen LogP contribution is -2.15. The van der Waals surface area contributed by atoms with E-state index in [0.717, 1.165) is 12.8 Å². The monoisotopic (exact) mass is 325 g/mol. The van der Waals surface area contributed by atoms with Crippen molar-refractivity contribution in [1.82, 2.24) is 0 Å². The molecule has 0 aromatic heterocycles. The molecule has 2 amide bonds. The Hall–Kier alpha value is -3.22. The lowest BCUT2D eigenvalue weighted by atomic mass is 10.1. The highest BCUT2D eigenvalue weighted by Gasteiger charge is 2.29. The SMILES string of the molecule is O=C(Nc1ccc(NC(=O)C2CC2)cc1)c1ccccc1[N+](=O)[O-]. The van der Waals surface area contributed by atoms with Crippen LogP contribution in [0.2, 0.25) is 0 Å². The fourth-order valence-electron chi connectivity index (χ4n) is 2.25. The maximum Gasteiger partial charge on any atom is 0.282 e. The maximum absolute atomic E-state index is 12.2. The third-order valence-electron chi connectivity index (χ3n) is 3.70. The van der Waals surface area contributed by atoms with Crippen LogP contribution >= 0.6 is 0 Å². The summed E-state index contributed by atoms with van der Waals surface area (Å²) in [5, 5.41) is 16.4. The number of carbonyl (C=O) groups excluding carboxylic acids is 2. The number of hydrogen-bond acceptors (Lipinski definition) is 4. The summed E-state index contributed by atoms with van der Waals surface area (Å²) in [5.74, 6) is -0.438. The number of anilines is 2. The predicted molar refractivity (Wildman–Crippen MR) is 88.8 cm³/mol. The van der Waals surface area contributed by atoms with E-state index >= 15 is 0 Å². The summed E-state index contributed by atoms with van der Waals surface area (Å²) >= 11 is 0. The largest absolute Gasteiger partial charge is 0.326 e. The molecule has 1 fully saturated rings. The molecule has 0 aliphatic heterocycles. The van der Waals surface area contributed by atoms with E-state index in [1.54, 1.807) is 30.3 Å². The van der Waals surface area contributed by atoms with Crippen molar-refractivity contribution >= 4 is 28.9 Å². The molecule has 0 radical (unpaired) electrons. The Morgan fingerprint density at radius 3 is 2.12 bits per heavy atom. The van der Waals surface area contributed by atoms with Crippen molar-refractivity contribution in [3.8, 4) is 0 Å². The number of nitrogens with zero attached hydrogens (tertiary/aromatic N) is 1. The van der Waals surface area contributed by atoms with Gasteiger partial charge in [0.2, 0.25) is 5.91 Å². The summed E-state index contributed by atoms with van der Waals surface area (Å²) in [6.07, 6.45) is 1.85.